The van der Waals surface area contributed by atoms with Crippen molar-refractivity contribution in [3.8, 4) is 0 Å². The Bertz CT molecular complexity index is 279. The second-order valence-corrected chi connectivity index (χ2v) is 1.96. The molecule has 0 atom stereocenters. The van der Waals surface area contributed by atoms with E-state index in [0.29, 0.717) is 5.82 Å². The van der Waals surface area contributed by atoms with E-state index < -0.39 is 0 Å². The fraction of sp³-hybridized carbons (Fsp3) is 0.333. The lowest BCUT2D eigenvalue weighted by Crippen LogP contribution is -2.19. The number of aryl methyl sites for hydroxylation is 1. The van der Waals surface area contributed by atoms with Crippen molar-refractivity contribution in [1.82, 2.24) is 9.55 Å². The van der Waals surface area contributed by atoms with Gasteiger partial charge in [0.15, 0.2) is 0 Å². The minimum absolute atomic E-state index is 0.244. The Morgan fingerprint density at radius 1 is 1.70 bits per heavy atom. The second kappa shape index (κ2) is 2.51. The molecule has 10 heavy (non-hydrogen) atoms. The van der Waals surface area contributed by atoms with Crippen molar-refractivity contribution < 1.29 is 0 Å². The maximum Gasteiger partial charge on any atom is 0.349 e. The minimum atomic E-state index is -0.244. The third-order valence-electron chi connectivity index (χ3n) is 1.23. The molecule has 1 heterocycles. The van der Waals surface area contributed by atoms with Gasteiger partial charge in [-0.25, -0.2) is 4.79 Å². The van der Waals surface area contributed by atoms with E-state index in [0.717, 1.165) is 0 Å². The largest absolute Gasteiger partial charge is 0.373 e. The zero-order chi connectivity index (χ0) is 7.56. The van der Waals surface area contributed by atoms with Crippen LogP contribution in [0.2, 0.25) is 0 Å². The normalized spacial score (nSPS) is 9.40. The molecular formula is C6H9N3O. The number of hydrogen-bond donors (Lipinski definition) is 1. The summed E-state index contributed by atoms with van der Waals surface area (Å²) < 4.78 is 1.42. The zero-order valence-corrected chi connectivity index (χ0v) is 5.96. The van der Waals surface area contributed by atoms with Gasteiger partial charge < -0.3 is 9.88 Å². The first kappa shape index (κ1) is 6.80. The molecule has 4 heteroatoms. The predicted octanol–water partition coefficient (Wildman–Crippen LogP) is -0.178. The molecule has 0 spiro atoms. The van der Waals surface area contributed by atoms with Crippen molar-refractivity contribution in [2.45, 2.75) is 0 Å². The molecule has 0 aliphatic heterocycles. The highest BCUT2D eigenvalue weighted by Crippen LogP contribution is 1.92. The molecule has 1 aromatic rings. The highest BCUT2D eigenvalue weighted by atomic mass is 16.1. The van der Waals surface area contributed by atoms with Crippen molar-refractivity contribution in [3.63, 3.8) is 0 Å². The highest BCUT2D eigenvalue weighted by molar-refractivity contribution is 5.30. The molecule has 0 saturated carbocycles. The van der Waals surface area contributed by atoms with E-state index in [4.69, 9.17) is 0 Å². The lowest BCUT2D eigenvalue weighted by atomic mass is 10.6. The van der Waals surface area contributed by atoms with Gasteiger partial charge in [-0.15, -0.1) is 0 Å². The molecule has 1 N–H and O–H groups in total. The van der Waals surface area contributed by atoms with Crippen LogP contribution in [0.25, 0.3) is 0 Å². The van der Waals surface area contributed by atoms with Crippen molar-refractivity contribution in [2.75, 3.05) is 12.4 Å². The van der Waals surface area contributed by atoms with E-state index in [-0.39, 0.29) is 5.69 Å². The summed E-state index contributed by atoms with van der Waals surface area (Å²) in [5.41, 5.74) is -0.244. The SMILES string of the molecule is CNc1ccn(C)c(=O)n1. The van der Waals surface area contributed by atoms with Crippen LogP contribution in [0.3, 0.4) is 0 Å². The summed E-state index contributed by atoms with van der Waals surface area (Å²) >= 11 is 0. The van der Waals surface area contributed by atoms with Crippen LogP contribution in [0.4, 0.5) is 5.82 Å². The van der Waals surface area contributed by atoms with Gasteiger partial charge in [-0.05, 0) is 6.07 Å². The standard InChI is InChI=1S/C6H9N3O/c1-7-5-3-4-9(2)6(10)8-5/h3-4H,1-2H3,(H,7,8,10). The third kappa shape index (κ3) is 1.15. The predicted molar refractivity (Wildman–Crippen MR) is 39.0 cm³/mol. The first-order valence-electron chi connectivity index (χ1n) is 2.95. The third-order valence-corrected chi connectivity index (χ3v) is 1.23. The van der Waals surface area contributed by atoms with Crippen molar-refractivity contribution in [1.29, 1.82) is 0 Å². The van der Waals surface area contributed by atoms with Crippen LogP contribution in [-0.4, -0.2) is 16.6 Å². The highest BCUT2D eigenvalue weighted by Gasteiger charge is 1.91. The number of nitrogens with one attached hydrogen (secondary N) is 1. The molecular weight excluding hydrogens is 130 g/mol. The molecule has 4 nitrogen and oxygen atoms in total. The second-order valence-electron chi connectivity index (χ2n) is 1.96. The van der Waals surface area contributed by atoms with Gasteiger partial charge in [0.2, 0.25) is 0 Å². The smallest absolute Gasteiger partial charge is 0.349 e. The maximum atomic E-state index is 10.8. The Kier molecular flexibility index (Phi) is 1.71. The Labute approximate surface area is 58.5 Å². The molecule has 54 valence electrons. The van der Waals surface area contributed by atoms with Crippen LogP contribution in [0.15, 0.2) is 17.1 Å². The summed E-state index contributed by atoms with van der Waals surface area (Å²) in [6.07, 6.45) is 1.67. The summed E-state index contributed by atoms with van der Waals surface area (Å²) in [6, 6.07) is 1.74. The van der Waals surface area contributed by atoms with E-state index in [1.54, 1.807) is 26.4 Å². The fourth-order valence-electron chi connectivity index (χ4n) is 0.605. The van der Waals surface area contributed by atoms with Gasteiger partial charge in [-0.1, -0.05) is 0 Å². The van der Waals surface area contributed by atoms with Crippen LogP contribution in [0.5, 0.6) is 0 Å². The Balaban J connectivity index is 3.17. The van der Waals surface area contributed by atoms with Crippen LogP contribution in [-0.2, 0) is 7.05 Å². The zero-order valence-electron chi connectivity index (χ0n) is 5.96. The van der Waals surface area contributed by atoms with Crippen molar-refractivity contribution >= 4 is 5.82 Å². The first-order valence-corrected chi connectivity index (χ1v) is 2.95. The average Bonchev–Trinajstić information content (AvgIpc) is 1.95. The molecule has 0 saturated heterocycles. The molecule has 1 aromatic heterocycles. The lowest BCUT2D eigenvalue weighted by Gasteiger charge is -1.97. The van der Waals surface area contributed by atoms with Gasteiger partial charge >= 0.3 is 5.69 Å². The van der Waals surface area contributed by atoms with Crippen LogP contribution in [0, 0.1) is 0 Å². The molecule has 1 rings (SSSR count). The van der Waals surface area contributed by atoms with Gasteiger partial charge in [0.05, 0.1) is 0 Å². The van der Waals surface area contributed by atoms with E-state index in [2.05, 4.69) is 10.3 Å². The first-order chi connectivity index (χ1) is 4.74. The van der Waals surface area contributed by atoms with Gasteiger partial charge in [0.1, 0.15) is 5.82 Å². The number of hydrogen-bond acceptors (Lipinski definition) is 3. The molecule has 0 bridgehead atoms. The van der Waals surface area contributed by atoms with E-state index in [9.17, 15) is 4.79 Å². The summed E-state index contributed by atoms with van der Waals surface area (Å²) in [5.74, 6) is 0.600. The van der Waals surface area contributed by atoms with Crippen LogP contribution >= 0.6 is 0 Å². The quantitative estimate of drug-likeness (QED) is 0.587. The number of nitrogens with zero attached hydrogens (tertiary/aromatic N) is 2. The van der Waals surface area contributed by atoms with Gasteiger partial charge in [-0.3, -0.25) is 0 Å². The number of aromatic nitrogens is 2. The van der Waals surface area contributed by atoms with E-state index in [1.807, 2.05) is 0 Å². The molecule has 0 fully saturated rings. The van der Waals surface area contributed by atoms with E-state index in [1.165, 1.54) is 4.57 Å². The van der Waals surface area contributed by atoms with E-state index >= 15 is 0 Å². The molecule has 0 aliphatic carbocycles. The van der Waals surface area contributed by atoms with Crippen molar-refractivity contribution in [3.05, 3.63) is 22.7 Å². The van der Waals surface area contributed by atoms with Gasteiger partial charge in [0.25, 0.3) is 0 Å². The topological polar surface area (TPSA) is 46.9 Å². The fourth-order valence-corrected chi connectivity index (χ4v) is 0.605. The maximum absolute atomic E-state index is 10.8. The number of rotatable bonds is 1. The molecule has 0 radical (unpaired) electrons. The molecule has 0 aliphatic rings. The summed E-state index contributed by atoms with van der Waals surface area (Å²) in [5, 5.41) is 2.77. The Morgan fingerprint density at radius 2 is 2.40 bits per heavy atom. The molecule has 0 unspecified atom stereocenters. The van der Waals surface area contributed by atoms with Crippen molar-refractivity contribution in [2.24, 2.45) is 7.05 Å². The average molecular weight is 139 g/mol. The number of anilines is 1. The Morgan fingerprint density at radius 3 is 2.90 bits per heavy atom. The van der Waals surface area contributed by atoms with Gasteiger partial charge in [0, 0.05) is 20.3 Å². The lowest BCUT2D eigenvalue weighted by molar-refractivity contribution is 0.812. The molecule has 0 aromatic carbocycles. The van der Waals surface area contributed by atoms with Crippen LogP contribution < -0.4 is 11.0 Å². The minimum Gasteiger partial charge on any atom is -0.373 e. The van der Waals surface area contributed by atoms with Crippen LogP contribution in [0.1, 0.15) is 0 Å². The summed E-state index contributed by atoms with van der Waals surface area (Å²) in [7, 11) is 3.39. The summed E-state index contributed by atoms with van der Waals surface area (Å²) in [6.45, 7) is 0. The monoisotopic (exact) mass is 139 g/mol. The molecule has 0 amide bonds. The van der Waals surface area contributed by atoms with Gasteiger partial charge in [-0.2, -0.15) is 4.98 Å². The summed E-state index contributed by atoms with van der Waals surface area (Å²) in [4.78, 5) is 14.5. The Hall–Kier alpha value is -1.32.